The van der Waals surface area contributed by atoms with Crippen molar-refractivity contribution in [2.75, 3.05) is 0 Å². The van der Waals surface area contributed by atoms with Gasteiger partial charge in [-0.25, -0.2) is 0 Å². The lowest BCUT2D eigenvalue weighted by Crippen LogP contribution is -2.38. The molecule has 228 valence electrons. The fraction of sp³-hybridized carbons (Fsp3) is 1.00. The molecule has 3 fully saturated rings. The lowest BCUT2D eigenvalue weighted by atomic mass is 9.59. The van der Waals surface area contributed by atoms with Gasteiger partial charge in [-0.3, -0.25) is 0 Å². The summed E-state index contributed by atoms with van der Waals surface area (Å²) < 4.78 is 0. The summed E-state index contributed by atoms with van der Waals surface area (Å²) in [6.07, 6.45) is 11.6. The van der Waals surface area contributed by atoms with Crippen molar-refractivity contribution in [3.8, 4) is 0 Å². The highest BCUT2D eigenvalue weighted by atomic mass is 14.6. The van der Waals surface area contributed by atoms with E-state index >= 15 is 0 Å². The van der Waals surface area contributed by atoms with Crippen LogP contribution in [0.1, 0.15) is 176 Å². The Bertz CT molecular complexity index is 621. The minimum absolute atomic E-state index is 0.498. The highest BCUT2D eigenvalue weighted by molar-refractivity contribution is 4.99. The van der Waals surface area contributed by atoms with Crippen LogP contribution < -0.4 is 0 Å². The number of hydrogen-bond acceptors (Lipinski definition) is 0. The summed E-state index contributed by atoms with van der Waals surface area (Å²) in [5.74, 6) is 5.68. The Kier molecular flexibility index (Phi) is 11.8. The summed E-state index contributed by atoms with van der Waals surface area (Å²) in [6.45, 7) is 43.1. The van der Waals surface area contributed by atoms with E-state index in [1.807, 2.05) is 0 Å². The minimum atomic E-state index is 0.498. The Morgan fingerprint density at radius 1 is 0.263 bits per heavy atom. The molecule has 0 saturated heterocycles. The Labute approximate surface area is 243 Å². The molecule has 3 aliphatic carbocycles. The molecule has 0 heterocycles. The van der Waals surface area contributed by atoms with Crippen molar-refractivity contribution in [1.82, 2.24) is 0 Å². The fourth-order valence-corrected chi connectivity index (χ4v) is 8.35. The van der Waals surface area contributed by atoms with E-state index in [-0.39, 0.29) is 0 Å². The van der Waals surface area contributed by atoms with Gasteiger partial charge in [-0.15, -0.1) is 0 Å². The highest BCUT2D eigenvalue weighted by Gasteiger charge is 2.50. The van der Waals surface area contributed by atoms with Crippen LogP contribution in [0.2, 0.25) is 0 Å². The van der Waals surface area contributed by atoms with Gasteiger partial charge in [0.25, 0.3) is 0 Å². The molecule has 0 spiro atoms. The van der Waals surface area contributed by atoms with E-state index in [9.17, 15) is 0 Å². The zero-order valence-electron chi connectivity index (χ0n) is 30.1. The molecule has 6 atom stereocenters. The maximum Gasteiger partial charge on any atom is -0.0329 e. The number of rotatable bonds is 0. The van der Waals surface area contributed by atoms with Gasteiger partial charge in [0.2, 0.25) is 0 Å². The third-order valence-electron chi connectivity index (χ3n) is 10.7. The minimum Gasteiger partial charge on any atom is -0.0599 e. The third kappa shape index (κ3) is 11.1. The Hall–Kier alpha value is 0. The Morgan fingerprint density at radius 2 is 0.447 bits per heavy atom. The molecule has 3 saturated carbocycles. The van der Waals surface area contributed by atoms with E-state index in [2.05, 4.69) is 125 Å². The molecule has 0 aromatic carbocycles. The topological polar surface area (TPSA) is 0 Å². The van der Waals surface area contributed by atoms with Gasteiger partial charge in [0.1, 0.15) is 0 Å². The normalized spacial score (nSPS) is 31.1. The largest absolute Gasteiger partial charge is 0.0599 e. The molecule has 3 rings (SSSR count). The molecule has 0 N–H and O–H groups in total. The molecule has 3 aliphatic rings. The summed E-state index contributed by atoms with van der Waals surface area (Å²) in [4.78, 5) is 0. The third-order valence-corrected chi connectivity index (χ3v) is 10.7. The van der Waals surface area contributed by atoms with Crippen molar-refractivity contribution in [3.63, 3.8) is 0 Å². The first kappa shape index (κ1) is 36.0. The molecule has 0 heteroatoms. The zero-order chi connectivity index (χ0) is 30.1. The second kappa shape index (κ2) is 12.5. The summed E-state index contributed by atoms with van der Waals surface area (Å²) in [7, 11) is 0. The molecular formula is C38H76. The maximum absolute atomic E-state index is 2.42. The first-order valence-electron chi connectivity index (χ1n) is 16.7. The summed E-state index contributed by atoms with van der Waals surface area (Å²) in [5.41, 5.74) is 3.09. The van der Waals surface area contributed by atoms with Crippen LogP contribution in [0.25, 0.3) is 0 Å². The maximum atomic E-state index is 2.42. The van der Waals surface area contributed by atoms with E-state index in [4.69, 9.17) is 0 Å². The molecule has 0 nitrogen and oxygen atoms in total. The average molecular weight is 533 g/mol. The highest BCUT2D eigenvalue weighted by Crippen LogP contribution is 2.58. The van der Waals surface area contributed by atoms with Crippen LogP contribution in [0.5, 0.6) is 0 Å². The predicted molar refractivity (Wildman–Crippen MR) is 175 cm³/mol. The van der Waals surface area contributed by atoms with Crippen LogP contribution in [0.3, 0.4) is 0 Å². The van der Waals surface area contributed by atoms with Gasteiger partial charge in [0, 0.05) is 0 Å². The SMILES string of the molecule is CC(C)(C)C1CC1C(C)(C)C.CC(C)(C)C1CCCC1C(C)(C)C.CC(C)(C)C1CCCCC1C(C)(C)C. The van der Waals surface area contributed by atoms with Crippen LogP contribution in [-0.2, 0) is 0 Å². The molecule has 6 unspecified atom stereocenters. The summed E-state index contributed by atoms with van der Waals surface area (Å²) >= 11 is 0. The number of hydrogen-bond donors (Lipinski definition) is 0. The van der Waals surface area contributed by atoms with E-state index in [1.54, 1.807) is 0 Å². The van der Waals surface area contributed by atoms with Crippen molar-refractivity contribution in [3.05, 3.63) is 0 Å². The van der Waals surface area contributed by atoms with Crippen LogP contribution >= 0.6 is 0 Å². The van der Waals surface area contributed by atoms with Gasteiger partial charge in [0.15, 0.2) is 0 Å². The van der Waals surface area contributed by atoms with E-state index in [1.165, 1.54) is 51.4 Å². The Morgan fingerprint density at radius 3 is 0.605 bits per heavy atom. The van der Waals surface area contributed by atoms with E-state index < -0.39 is 0 Å². The van der Waals surface area contributed by atoms with Gasteiger partial charge in [-0.05, 0) is 100 Å². The zero-order valence-corrected chi connectivity index (χ0v) is 30.1. The van der Waals surface area contributed by atoms with Gasteiger partial charge in [-0.2, -0.15) is 0 Å². The molecule has 0 aromatic heterocycles. The smallest absolute Gasteiger partial charge is 0.0329 e. The molecule has 0 aromatic rings. The fourth-order valence-electron chi connectivity index (χ4n) is 8.35. The molecule has 0 aliphatic heterocycles. The average Bonchev–Trinajstić information content (AvgIpc) is 3.36. The molecule has 38 heavy (non-hydrogen) atoms. The first-order chi connectivity index (χ1) is 16.7. The van der Waals surface area contributed by atoms with Crippen molar-refractivity contribution in [2.24, 2.45) is 68.0 Å². The lowest BCUT2D eigenvalue weighted by molar-refractivity contribution is 0.0335. The van der Waals surface area contributed by atoms with Crippen LogP contribution in [-0.4, -0.2) is 0 Å². The van der Waals surface area contributed by atoms with E-state index in [0.717, 1.165) is 35.5 Å². The van der Waals surface area contributed by atoms with Crippen LogP contribution in [0, 0.1) is 68.0 Å². The van der Waals surface area contributed by atoms with Gasteiger partial charge < -0.3 is 0 Å². The van der Waals surface area contributed by atoms with Gasteiger partial charge >= 0.3 is 0 Å². The van der Waals surface area contributed by atoms with Crippen molar-refractivity contribution in [1.29, 1.82) is 0 Å². The molecular weight excluding hydrogens is 456 g/mol. The first-order valence-corrected chi connectivity index (χ1v) is 16.7. The van der Waals surface area contributed by atoms with Crippen molar-refractivity contribution < 1.29 is 0 Å². The summed E-state index contributed by atoms with van der Waals surface area (Å²) in [6, 6.07) is 0. The Balaban J connectivity index is 0.000000287. The van der Waals surface area contributed by atoms with E-state index in [0.29, 0.717) is 32.5 Å². The van der Waals surface area contributed by atoms with Gasteiger partial charge in [0.05, 0.1) is 0 Å². The van der Waals surface area contributed by atoms with Crippen molar-refractivity contribution in [2.45, 2.75) is 176 Å². The molecule has 0 amide bonds. The molecule has 0 bridgehead atoms. The predicted octanol–water partition coefficient (Wildman–Crippen LogP) is 13.1. The lowest BCUT2D eigenvalue weighted by Gasteiger charge is -2.46. The molecule has 0 radical (unpaired) electrons. The second-order valence-electron chi connectivity index (χ2n) is 20.3. The van der Waals surface area contributed by atoms with Gasteiger partial charge in [-0.1, -0.05) is 144 Å². The monoisotopic (exact) mass is 533 g/mol. The van der Waals surface area contributed by atoms with Crippen LogP contribution in [0.15, 0.2) is 0 Å². The second-order valence-corrected chi connectivity index (χ2v) is 20.3. The quantitative estimate of drug-likeness (QED) is 0.291. The van der Waals surface area contributed by atoms with Crippen LogP contribution in [0.4, 0.5) is 0 Å². The van der Waals surface area contributed by atoms with Crippen molar-refractivity contribution >= 4 is 0 Å². The standard InChI is InChI=1S/C14H28.C13H26.C11H22/c1-13(2,3)11-9-7-8-10-12(11)14(4,5)6;1-12(2,3)10-8-7-9-11(10)13(4,5)6;1-10(2,3)8-7-9(8)11(4,5)6/h11-12H,7-10H2,1-6H3;10-11H,7-9H2,1-6H3;8-9H,7H2,1-6H3. The summed E-state index contributed by atoms with van der Waals surface area (Å²) in [5, 5.41) is 0.